The van der Waals surface area contributed by atoms with Gasteiger partial charge < -0.3 is 4.98 Å². The van der Waals surface area contributed by atoms with Gasteiger partial charge in [-0.15, -0.1) is 0 Å². The highest BCUT2D eigenvalue weighted by Crippen LogP contribution is 2.25. The Morgan fingerprint density at radius 1 is 1.07 bits per heavy atom. The summed E-state index contributed by atoms with van der Waals surface area (Å²) in [7, 11) is 0. The largest absolute Gasteiger partial charge is 0.361 e. The van der Waals surface area contributed by atoms with Gasteiger partial charge in [0.25, 0.3) is 0 Å². The summed E-state index contributed by atoms with van der Waals surface area (Å²) in [6.45, 7) is 8.21. The lowest BCUT2D eigenvalue weighted by Crippen LogP contribution is -1.76. The maximum absolute atomic E-state index is 3.52. The van der Waals surface area contributed by atoms with Gasteiger partial charge in [-0.3, -0.25) is 0 Å². The number of fused-ring (bicyclic) bond motifs is 1. The molecule has 0 fully saturated rings. The monoisotopic (exact) mass is 253 g/mol. The van der Waals surface area contributed by atoms with Gasteiger partial charge in [0.15, 0.2) is 0 Å². The Morgan fingerprint density at radius 3 is 2.36 bits per heavy atom. The summed E-state index contributed by atoms with van der Waals surface area (Å²) in [6.07, 6.45) is 2.04. The van der Waals surface area contributed by atoms with Crippen molar-refractivity contribution in [3.05, 3.63) is 33.9 Å². The zero-order valence-electron chi connectivity index (χ0n) is 9.11. The van der Waals surface area contributed by atoms with E-state index in [1.807, 2.05) is 20.0 Å². The minimum atomic E-state index is 1.18. The summed E-state index contributed by atoms with van der Waals surface area (Å²) in [6, 6.07) is 4.32. The number of aromatic amines is 1. The van der Waals surface area contributed by atoms with Crippen molar-refractivity contribution in [2.24, 2.45) is 0 Å². The molecule has 1 aromatic heterocycles. The van der Waals surface area contributed by atoms with E-state index >= 15 is 0 Å². The zero-order valence-corrected chi connectivity index (χ0v) is 10.7. The van der Waals surface area contributed by atoms with Gasteiger partial charge in [-0.05, 0) is 37.1 Å². The molecule has 0 aliphatic carbocycles. The minimum absolute atomic E-state index is 1.18. The molecule has 0 atom stereocenters. The van der Waals surface area contributed by atoms with E-state index in [9.17, 15) is 0 Å². The number of rotatable bonds is 0. The molecule has 0 saturated carbocycles. The van der Waals surface area contributed by atoms with Gasteiger partial charge in [0.2, 0.25) is 0 Å². The van der Waals surface area contributed by atoms with E-state index in [1.54, 1.807) is 0 Å². The molecule has 0 radical (unpaired) electrons. The van der Waals surface area contributed by atoms with Crippen LogP contribution in [0.25, 0.3) is 10.9 Å². The molecule has 2 heteroatoms. The van der Waals surface area contributed by atoms with E-state index in [0.29, 0.717) is 0 Å². The van der Waals surface area contributed by atoms with E-state index in [4.69, 9.17) is 0 Å². The Bertz CT molecular complexity index is 429. The summed E-state index contributed by atoms with van der Waals surface area (Å²) in [5, 5.41) is 1.30. The molecule has 76 valence electrons. The fourth-order valence-corrected chi connectivity index (χ4v) is 1.73. The van der Waals surface area contributed by atoms with Crippen LogP contribution in [0.4, 0.5) is 0 Å². The molecule has 0 bridgehead atoms. The van der Waals surface area contributed by atoms with Crippen molar-refractivity contribution in [1.29, 1.82) is 0 Å². The molecule has 2 aromatic rings. The van der Waals surface area contributed by atoms with Crippen LogP contribution in [0.15, 0.2) is 22.8 Å². The van der Waals surface area contributed by atoms with Gasteiger partial charge in [0, 0.05) is 21.6 Å². The number of aryl methyl sites for hydroxylation is 2. The molecule has 1 nitrogen and oxygen atoms in total. The van der Waals surface area contributed by atoms with Gasteiger partial charge in [-0.25, -0.2) is 0 Å². The van der Waals surface area contributed by atoms with Crippen LogP contribution in [0.3, 0.4) is 0 Å². The second-order valence-corrected chi connectivity index (χ2v) is 3.97. The van der Waals surface area contributed by atoms with Crippen LogP contribution in [0.2, 0.25) is 0 Å². The molecule has 14 heavy (non-hydrogen) atoms. The lowest BCUT2D eigenvalue weighted by atomic mass is 10.1. The molecule has 1 heterocycles. The summed E-state index contributed by atoms with van der Waals surface area (Å²) >= 11 is 3.52. The topological polar surface area (TPSA) is 15.8 Å². The third-order valence-electron chi connectivity index (χ3n) is 2.17. The fraction of sp³-hybridized carbons (Fsp3) is 0.333. The van der Waals surface area contributed by atoms with Crippen molar-refractivity contribution < 1.29 is 0 Å². The van der Waals surface area contributed by atoms with Crippen LogP contribution in [0.1, 0.15) is 25.0 Å². The molecule has 2 rings (SSSR count). The van der Waals surface area contributed by atoms with Crippen molar-refractivity contribution in [2.75, 3.05) is 0 Å². The summed E-state index contributed by atoms with van der Waals surface area (Å²) in [5.41, 5.74) is 3.78. The molecular weight excluding hydrogens is 238 g/mol. The van der Waals surface area contributed by atoms with Crippen LogP contribution in [0, 0.1) is 13.8 Å². The Labute approximate surface area is 93.7 Å². The van der Waals surface area contributed by atoms with Crippen molar-refractivity contribution in [3.63, 3.8) is 0 Å². The Balaban J connectivity index is 0.000000461. The highest BCUT2D eigenvalue weighted by Gasteiger charge is 2.01. The molecule has 0 spiro atoms. The number of nitrogens with one attached hydrogen (secondary N) is 1. The number of hydrogen-bond donors (Lipinski definition) is 1. The normalized spacial score (nSPS) is 9.79. The molecule has 0 aliphatic heterocycles. The second kappa shape index (κ2) is 4.65. The molecule has 1 aromatic carbocycles. The molecule has 0 amide bonds. The highest BCUT2D eigenvalue weighted by molar-refractivity contribution is 9.10. The van der Waals surface area contributed by atoms with E-state index in [-0.39, 0.29) is 0 Å². The first-order chi connectivity index (χ1) is 6.68. The van der Waals surface area contributed by atoms with Gasteiger partial charge in [-0.2, -0.15) is 0 Å². The first-order valence-electron chi connectivity index (χ1n) is 4.92. The number of H-pyrrole nitrogens is 1. The van der Waals surface area contributed by atoms with Crippen molar-refractivity contribution >= 4 is 26.8 Å². The van der Waals surface area contributed by atoms with Gasteiger partial charge >= 0.3 is 0 Å². The number of halogens is 1. The third-order valence-corrected chi connectivity index (χ3v) is 3.02. The third kappa shape index (κ3) is 2.01. The first-order valence-corrected chi connectivity index (χ1v) is 5.71. The summed E-state index contributed by atoms with van der Waals surface area (Å²) < 4.78 is 1.18. The van der Waals surface area contributed by atoms with Crippen LogP contribution in [0.5, 0.6) is 0 Å². The average molecular weight is 254 g/mol. The van der Waals surface area contributed by atoms with Gasteiger partial charge in [0.05, 0.1) is 0 Å². The van der Waals surface area contributed by atoms with Crippen molar-refractivity contribution in [2.45, 2.75) is 27.7 Å². The summed E-state index contributed by atoms with van der Waals surface area (Å²) in [4.78, 5) is 3.24. The van der Waals surface area contributed by atoms with Gasteiger partial charge in [0.1, 0.15) is 0 Å². The maximum atomic E-state index is 3.52. The van der Waals surface area contributed by atoms with E-state index in [2.05, 4.69) is 46.9 Å². The van der Waals surface area contributed by atoms with E-state index < -0.39 is 0 Å². The minimum Gasteiger partial charge on any atom is -0.361 e. The Kier molecular flexibility index (Phi) is 3.76. The highest BCUT2D eigenvalue weighted by atomic mass is 79.9. The standard InChI is InChI=1S/C10H10BrN.C2H6/c1-6-3-10-8(4-9(6)11)7(2)5-12-10;1-2/h3-5,12H,1-2H3;1-2H3. The maximum Gasteiger partial charge on any atom is 0.0460 e. The second-order valence-electron chi connectivity index (χ2n) is 3.12. The number of aromatic nitrogens is 1. The van der Waals surface area contributed by atoms with Crippen LogP contribution < -0.4 is 0 Å². The lowest BCUT2D eigenvalue weighted by molar-refractivity contribution is 1.41. The average Bonchev–Trinajstić information content (AvgIpc) is 2.53. The quantitative estimate of drug-likeness (QED) is 0.708. The molecule has 1 N–H and O–H groups in total. The SMILES string of the molecule is CC.Cc1cc2[nH]cc(C)c2cc1Br. The Hall–Kier alpha value is -0.760. The molecular formula is C12H16BrN. The smallest absolute Gasteiger partial charge is 0.0460 e. The lowest BCUT2D eigenvalue weighted by Gasteiger charge is -1.98. The molecule has 0 saturated heterocycles. The zero-order chi connectivity index (χ0) is 10.7. The van der Waals surface area contributed by atoms with Crippen LogP contribution in [-0.2, 0) is 0 Å². The van der Waals surface area contributed by atoms with E-state index in [1.165, 1.54) is 26.5 Å². The van der Waals surface area contributed by atoms with Crippen molar-refractivity contribution in [1.82, 2.24) is 4.98 Å². The molecule has 0 unspecified atom stereocenters. The predicted octanol–water partition coefficient (Wildman–Crippen LogP) is 4.57. The van der Waals surface area contributed by atoms with E-state index in [0.717, 1.165) is 0 Å². The Morgan fingerprint density at radius 2 is 1.71 bits per heavy atom. The predicted molar refractivity (Wildman–Crippen MR) is 66.8 cm³/mol. The van der Waals surface area contributed by atoms with Crippen LogP contribution in [-0.4, -0.2) is 4.98 Å². The van der Waals surface area contributed by atoms with Gasteiger partial charge in [-0.1, -0.05) is 29.8 Å². The molecule has 0 aliphatic rings. The van der Waals surface area contributed by atoms with Crippen LogP contribution >= 0.6 is 15.9 Å². The number of benzene rings is 1. The number of hydrogen-bond acceptors (Lipinski definition) is 0. The fourth-order valence-electron chi connectivity index (χ4n) is 1.39. The summed E-state index contributed by atoms with van der Waals surface area (Å²) in [5.74, 6) is 0. The van der Waals surface area contributed by atoms with Crippen molar-refractivity contribution in [3.8, 4) is 0 Å². The first kappa shape index (κ1) is 11.3.